The Balaban J connectivity index is 1.70. The van der Waals surface area contributed by atoms with E-state index in [4.69, 9.17) is 16.1 Å². The number of hydrogen-bond donors (Lipinski definition) is 3. The molecule has 4 N–H and O–H groups in total. The third-order valence-electron chi connectivity index (χ3n) is 6.69. The molecule has 1 aromatic heterocycles. The number of nitrogens with two attached hydrogens (primary N) is 1. The molecule has 1 fully saturated rings. The normalized spacial score (nSPS) is 14.9. The van der Waals surface area contributed by atoms with Crippen molar-refractivity contribution in [3.8, 4) is 0 Å². The van der Waals surface area contributed by atoms with Crippen molar-refractivity contribution in [3.63, 3.8) is 0 Å². The maximum absolute atomic E-state index is 7.59. The first-order chi connectivity index (χ1) is 15.1. The molecule has 1 heterocycles. The van der Waals surface area contributed by atoms with Gasteiger partial charge in [0.25, 0.3) is 0 Å². The number of imidazole rings is 1. The highest BCUT2D eigenvalue weighted by atomic mass is 15.1. The van der Waals surface area contributed by atoms with E-state index in [1.807, 2.05) is 24.3 Å². The summed E-state index contributed by atoms with van der Waals surface area (Å²) in [6.45, 7) is 4.13. The number of aryl methyl sites for hydroxylation is 1. The van der Waals surface area contributed by atoms with Crippen molar-refractivity contribution in [2.75, 3.05) is 6.54 Å². The average Bonchev–Trinajstić information content (AvgIpc) is 3.10. The molecule has 4 rings (SSSR count). The quantitative estimate of drug-likeness (QED) is 0.274. The minimum atomic E-state index is 0.105. The molecule has 164 valence electrons. The van der Waals surface area contributed by atoms with E-state index in [1.165, 1.54) is 54.3 Å². The van der Waals surface area contributed by atoms with Crippen molar-refractivity contribution in [3.05, 3.63) is 64.5 Å². The number of benzene rings is 2. The molecule has 1 aliphatic carbocycles. The first-order valence-corrected chi connectivity index (χ1v) is 11.7. The molecule has 0 spiro atoms. The minimum Gasteiger partial charge on any atom is -0.384 e. The van der Waals surface area contributed by atoms with E-state index in [-0.39, 0.29) is 5.84 Å². The molecule has 0 aliphatic heterocycles. The van der Waals surface area contributed by atoms with Gasteiger partial charge in [-0.05, 0) is 54.5 Å². The molecule has 0 amide bonds. The fourth-order valence-electron chi connectivity index (χ4n) is 4.89. The lowest BCUT2D eigenvalue weighted by Crippen LogP contribution is -2.17. The Morgan fingerprint density at radius 2 is 1.87 bits per heavy atom. The maximum atomic E-state index is 7.59. The van der Waals surface area contributed by atoms with Crippen molar-refractivity contribution in [2.24, 2.45) is 12.8 Å². The second kappa shape index (κ2) is 9.65. The van der Waals surface area contributed by atoms with Crippen LogP contribution in [0.2, 0.25) is 0 Å². The van der Waals surface area contributed by atoms with Crippen LogP contribution in [0.1, 0.15) is 79.4 Å². The summed E-state index contributed by atoms with van der Waals surface area (Å²) < 4.78 is 2.24. The summed E-state index contributed by atoms with van der Waals surface area (Å²) in [6.07, 6.45) is 8.56. The van der Waals surface area contributed by atoms with Crippen LogP contribution in [0, 0.1) is 5.41 Å². The zero-order valence-corrected chi connectivity index (χ0v) is 18.9. The molecule has 1 aliphatic rings. The summed E-state index contributed by atoms with van der Waals surface area (Å²) >= 11 is 0. The largest absolute Gasteiger partial charge is 0.384 e. The first kappa shape index (κ1) is 21.6. The Bertz CT molecular complexity index is 1040. The molecule has 5 heteroatoms. The zero-order valence-electron chi connectivity index (χ0n) is 18.9. The molecule has 0 atom stereocenters. The van der Waals surface area contributed by atoms with E-state index in [9.17, 15) is 0 Å². The summed E-state index contributed by atoms with van der Waals surface area (Å²) in [5.41, 5.74) is 12.8. The van der Waals surface area contributed by atoms with Gasteiger partial charge in [0, 0.05) is 25.6 Å². The number of nitrogens with one attached hydrogen (secondary N) is 2. The van der Waals surface area contributed by atoms with Crippen molar-refractivity contribution in [2.45, 2.75) is 64.3 Å². The van der Waals surface area contributed by atoms with Crippen LogP contribution in [-0.4, -0.2) is 21.9 Å². The zero-order chi connectivity index (χ0) is 21.8. The lowest BCUT2D eigenvalue weighted by atomic mass is 9.81. The van der Waals surface area contributed by atoms with Crippen molar-refractivity contribution in [1.29, 1.82) is 5.41 Å². The van der Waals surface area contributed by atoms with Gasteiger partial charge >= 0.3 is 0 Å². The highest BCUT2D eigenvalue weighted by Gasteiger charge is 2.22. The Morgan fingerprint density at radius 1 is 1.13 bits per heavy atom. The highest BCUT2D eigenvalue weighted by Crippen LogP contribution is 2.37. The predicted octanol–water partition coefficient (Wildman–Crippen LogP) is 5.00. The molecule has 0 unspecified atom stereocenters. The van der Waals surface area contributed by atoms with Crippen molar-refractivity contribution >= 4 is 16.9 Å². The number of aromatic nitrogens is 2. The van der Waals surface area contributed by atoms with E-state index in [0.717, 1.165) is 42.8 Å². The van der Waals surface area contributed by atoms with E-state index >= 15 is 0 Å². The van der Waals surface area contributed by atoms with Gasteiger partial charge in [0.05, 0.1) is 11.0 Å². The topological polar surface area (TPSA) is 79.7 Å². The summed E-state index contributed by atoms with van der Waals surface area (Å²) in [4.78, 5) is 5.16. The molecule has 2 aromatic carbocycles. The molecule has 0 saturated heterocycles. The van der Waals surface area contributed by atoms with Crippen LogP contribution >= 0.6 is 0 Å². The van der Waals surface area contributed by atoms with E-state index in [0.29, 0.717) is 5.92 Å². The fraction of sp³-hybridized carbons (Fsp3) is 0.462. The lowest BCUT2D eigenvalue weighted by molar-refractivity contribution is 0.441. The van der Waals surface area contributed by atoms with Gasteiger partial charge in [0.2, 0.25) is 0 Å². The Hall–Kier alpha value is -2.66. The predicted molar refractivity (Wildman–Crippen MR) is 129 cm³/mol. The summed E-state index contributed by atoms with van der Waals surface area (Å²) in [5, 5.41) is 11.2. The molecule has 0 bridgehead atoms. The third kappa shape index (κ3) is 4.67. The van der Waals surface area contributed by atoms with Gasteiger partial charge in [-0.1, -0.05) is 56.5 Å². The van der Waals surface area contributed by atoms with Gasteiger partial charge in [-0.15, -0.1) is 0 Å². The summed E-state index contributed by atoms with van der Waals surface area (Å²) in [5.74, 6) is 1.85. The highest BCUT2D eigenvalue weighted by molar-refractivity contribution is 5.94. The molecular formula is C26H35N5. The summed E-state index contributed by atoms with van der Waals surface area (Å²) in [6, 6.07) is 12.6. The standard InChI is InChI=1S/C26H35N5/c1-3-15-29-17-22-21(19-7-5-4-6-8-19)13-14-23-25(22)30-24(31(23)2)16-18-9-11-20(12-10-18)26(27)28/h9-14,19,29H,3-8,15-17H2,1-2H3,(H3,27,28). The smallest absolute Gasteiger partial charge is 0.122 e. The van der Waals surface area contributed by atoms with E-state index < -0.39 is 0 Å². The molecular weight excluding hydrogens is 382 g/mol. The van der Waals surface area contributed by atoms with Crippen LogP contribution in [0.4, 0.5) is 0 Å². The average molecular weight is 418 g/mol. The van der Waals surface area contributed by atoms with Crippen LogP contribution in [-0.2, 0) is 20.0 Å². The van der Waals surface area contributed by atoms with E-state index in [2.05, 4.69) is 36.0 Å². The minimum absolute atomic E-state index is 0.105. The van der Waals surface area contributed by atoms with Crippen molar-refractivity contribution in [1.82, 2.24) is 14.9 Å². The SMILES string of the molecule is CCCNCc1c(C2CCCCC2)ccc2c1nc(Cc1ccc(C(=N)N)cc1)n2C. The maximum Gasteiger partial charge on any atom is 0.122 e. The van der Waals surface area contributed by atoms with Crippen LogP contribution < -0.4 is 11.1 Å². The molecule has 31 heavy (non-hydrogen) atoms. The van der Waals surface area contributed by atoms with Gasteiger partial charge in [0.15, 0.2) is 0 Å². The van der Waals surface area contributed by atoms with Gasteiger partial charge in [0.1, 0.15) is 11.7 Å². The van der Waals surface area contributed by atoms with Gasteiger partial charge in [-0.2, -0.15) is 0 Å². The van der Waals surface area contributed by atoms with Crippen LogP contribution in [0.25, 0.3) is 11.0 Å². The van der Waals surface area contributed by atoms with E-state index in [1.54, 1.807) is 0 Å². The second-order valence-corrected chi connectivity index (χ2v) is 8.89. The lowest BCUT2D eigenvalue weighted by Gasteiger charge is -2.25. The van der Waals surface area contributed by atoms with Gasteiger partial charge < -0.3 is 15.6 Å². The number of rotatable bonds is 8. The van der Waals surface area contributed by atoms with Gasteiger partial charge in [-0.3, -0.25) is 5.41 Å². The molecule has 5 nitrogen and oxygen atoms in total. The molecule has 0 radical (unpaired) electrons. The number of nitrogens with zero attached hydrogens (tertiary/aromatic N) is 2. The van der Waals surface area contributed by atoms with Crippen LogP contribution in [0.15, 0.2) is 36.4 Å². The monoisotopic (exact) mass is 417 g/mol. The molecule has 3 aromatic rings. The fourth-order valence-corrected chi connectivity index (χ4v) is 4.89. The van der Waals surface area contributed by atoms with Crippen molar-refractivity contribution < 1.29 is 0 Å². The third-order valence-corrected chi connectivity index (χ3v) is 6.69. The first-order valence-electron chi connectivity index (χ1n) is 11.7. The molecule has 1 saturated carbocycles. The second-order valence-electron chi connectivity index (χ2n) is 8.89. The number of fused-ring (bicyclic) bond motifs is 1. The Morgan fingerprint density at radius 3 is 2.55 bits per heavy atom. The van der Waals surface area contributed by atoms with Crippen LogP contribution in [0.5, 0.6) is 0 Å². The Kier molecular flexibility index (Phi) is 6.71. The van der Waals surface area contributed by atoms with Crippen LogP contribution in [0.3, 0.4) is 0 Å². The number of nitrogen functional groups attached to an aromatic ring is 1. The number of amidine groups is 1. The van der Waals surface area contributed by atoms with Gasteiger partial charge in [-0.25, -0.2) is 4.98 Å². The Labute approximate surface area is 185 Å². The summed E-state index contributed by atoms with van der Waals surface area (Å²) in [7, 11) is 2.12. The number of hydrogen-bond acceptors (Lipinski definition) is 3.